The maximum absolute atomic E-state index is 6.51. The van der Waals surface area contributed by atoms with Crippen molar-refractivity contribution in [3.05, 3.63) is 200 Å². The summed E-state index contributed by atoms with van der Waals surface area (Å²) in [5.74, 6) is 0. The van der Waals surface area contributed by atoms with Crippen LogP contribution in [0.1, 0.15) is 0 Å². The van der Waals surface area contributed by atoms with Gasteiger partial charge in [-0.05, 0) is 110 Å². The second-order valence-corrected chi connectivity index (χ2v) is 13.4. The van der Waals surface area contributed by atoms with Crippen LogP contribution in [0.3, 0.4) is 0 Å². The van der Waals surface area contributed by atoms with Gasteiger partial charge in [0.25, 0.3) is 0 Å². The van der Waals surface area contributed by atoms with Crippen LogP contribution >= 0.6 is 0 Å². The van der Waals surface area contributed by atoms with Crippen LogP contribution in [0.25, 0.3) is 76.9 Å². The van der Waals surface area contributed by atoms with Crippen LogP contribution in [0.5, 0.6) is 0 Å². The van der Waals surface area contributed by atoms with E-state index in [0.29, 0.717) is 0 Å². The van der Waals surface area contributed by atoms with E-state index in [1.54, 1.807) is 0 Å². The van der Waals surface area contributed by atoms with Crippen LogP contribution in [-0.4, -0.2) is 0 Å². The van der Waals surface area contributed by atoms with Crippen molar-refractivity contribution >= 4 is 60.5 Å². The van der Waals surface area contributed by atoms with Gasteiger partial charge < -0.3 is 9.32 Å². The number of nitrogens with zero attached hydrogens (tertiary/aromatic N) is 1. The quantitative estimate of drug-likeness (QED) is 0.176. The first-order valence-electron chi connectivity index (χ1n) is 17.7. The summed E-state index contributed by atoms with van der Waals surface area (Å²) < 4.78 is 6.51. The second-order valence-electron chi connectivity index (χ2n) is 13.4. The van der Waals surface area contributed by atoms with E-state index in [-0.39, 0.29) is 0 Å². The van der Waals surface area contributed by atoms with E-state index >= 15 is 0 Å². The summed E-state index contributed by atoms with van der Waals surface area (Å²) >= 11 is 0. The molecule has 52 heavy (non-hydrogen) atoms. The molecule has 0 unspecified atom stereocenters. The Bertz CT molecular complexity index is 2890. The molecule has 2 nitrogen and oxygen atoms in total. The Morgan fingerprint density at radius 2 is 0.827 bits per heavy atom. The predicted molar refractivity (Wildman–Crippen MR) is 220 cm³/mol. The van der Waals surface area contributed by atoms with Crippen LogP contribution in [-0.2, 0) is 0 Å². The molecule has 0 saturated heterocycles. The largest absolute Gasteiger partial charge is 0.455 e. The standard InChI is InChI=1S/C50H33NO/c1-2-9-34(10-3-1)40-14-8-15-45(32-40)51(43-25-19-36(20-26-43)41-18-17-35-11-4-5-13-39(35)31-41)44-27-21-37(22-28-44)42-24-29-47-48-30-23-38-12-6-7-16-46(38)50(48)52-49(47)33-42/h1-33H. The van der Waals surface area contributed by atoms with Gasteiger partial charge in [-0.15, -0.1) is 0 Å². The van der Waals surface area contributed by atoms with E-state index in [1.807, 2.05) is 0 Å². The van der Waals surface area contributed by atoms with Crippen LogP contribution < -0.4 is 4.90 Å². The van der Waals surface area contributed by atoms with E-state index in [4.69, 9.17) is 4.42 Å². The van der Waals surface area contributed by atoms with E-state index in [1.165, 1.54) is 38.4 Å². The fraction of sp³-hybridized carbons (Fsp3) is 0. The lowest BCUT2D eigenvalue weighted by molar-refractivity contribution is 0.673. The molecular formula is C50H33NO. The molecular weight excluding hydrogens is 631 g/mol. The topological polar surface area (TPSA) is 16.4 Å². The molecule has 0 saturated carbocycles. The number of benzene rings is 9. The third kappa shape index (κ3) is 5.30. The van der Waals surface area contributed by atoms with Crippen LogP contribution in [0, 0.1) is 0 Å². The lowest BCUT2D eigenvalue weighted by atomic mass is 10.00. The maximum Gasteiger partial charge on any atom is 0.143 e. The van der Waals surface area contributed by atoms with Gasteiger partial charge in [-0.1, -0.05) is 140 Å². The van der Waals surface area contributed by atoms with Gasteiger partial charge in [0.2, 0.25) is 0 Å². The highest BCUT2D eigenvalue weighted by atomic mass is 16.3. The SMILES string of the molecule is c1ccc(-c2cccc(N(c3ccc(-c4ccc5ccccc5c4)cc3)c3ccc(-c4ccc5c(c4)oc4c6ccccc6ccc54)cc3)c2)cc1. The summed E-state index contributed by atoms with van der Waals surface area (Å²) in [5, 5.41) is 7.11. The molecule has 0 aliphatic carbocycles. The zero-order chi connectivity index (χ0) is 34.4. The number of anilines is 3. The molecule has 9 aromatic carbocycles. The molecule has 10 aromatic rings. The summed E-state index contributed by atoms with van der Waals surface area (Å²) in [6, 6.07) is 71.7. The highest BCUT2D eigenvalue weighted by molar-refractivity contribution is 6.15. The highest BCUT2D eigenvalue weighted by Crippen LogP contribution is 2.40. The van der Waals surface area contributed by atoms with Crippen molar-refractivity contribution in [1.82, 2.24) is 0 Å². The molecule has 0 N–H and O–H groups in total. The Balaban J connectivity index is 1.03. The molecule has 1 aromatic heterocycles. The maximum atomic E-state index is 6.51. The summed E-state index contributed by atoms with van der Waals surface area (Å²) in [4.78, 5) is 2.34. The van der Waals surface area contributed by atoms with Gasteiger partial charge in [0.15, 0.2) is 0 Å². The first kappa shape index (κ1) is 30.0. The van der Waals surface area contributed by atoms with E-state index in [2.05, 4.69) is 205 Å². The van der Waals surface area contributed by atoms with Crippen LogP contribution in [0.4, 0.5) is 17.1 Å². The zero-order valence-electron chi connectivity index (χ0n) is 28.4. The minimum Gasteiger partial charge on any atom is -0.455 e. The Labute approximate surface area is 302 Å². The minimum absolute atomic E-state index is 0.902. The van der Waals surface area contributed by atoms with Gasteiger partial charge in [-0.3, -0.25) is 0 Å². The van der Waals surface area contributed by atoms with E-state index in [0.717, 1.165) is 55.5 Å². The Hall–Kier alpha value is -6.90. The number of hydrogen-bond donors (Lipinski definition) is 0. The Morgan fingerprint density at radius 3 is 1.60 bits per heavy atom. The summed E-state index contributed by atoms with van der Waals surface area (Å²) in [6.45, 7) is 0. The lowest BCUT2D eigenvalue weighted by Crippen LogP contribution is -2.10. The molecule has 244 valence electrons. The van der Waals surface area contributed by atoms with E-state index in [9.17, 15) is 0 Å². The predicted octanol–water partition coefficient (Wildman–Crippen LogP) is 14.4. The molecule has 0 bridgehead atoms. The van der Waals surface area contributed by atoms with Gasteiger partial charge >= 0.3 is 0 Å². The van der Waals surface area contributed by atoms with Crippen molar-refractivity contribution in [3.8, 4) is 33.4 Å². The third-order valence-electron chi connectivity index (χ3n) is 10.2. The molecule has 1 heterocycles. The molecule has 0 atom stereocenters. The lowest BCUT2D eigenvalue weighted by Gasteiger charge is -2.26. The molecule has 0 radical (unpaired) electrons. The van der Waals surface area contributed by atoms with Crippen molar-refractivity contribution in [3.63, 3.8) is 0 Å². The van der Waals surface area contributed by atoms with Crippen LogP contribution in [0.15, 0.2) is 205 Å². The Morgan fingerprint density at radius 1 is 0.288 bits per heavy atom. The number of hydrogen-bond acceptors (Lipinski definition) is 2. The van der Waals surface area contributed by atoms with Gasteiger partial charge in [0.1, 0.15) is 11.2 Å². The average molecular weight is 664 g/mol. The van der Waals surface area contributed by atoms with Crippen molar-refractivity contribution in [2.24, 2.45) is 0 Å². The average Bonchev–Trinajstić information content (AvgIpc) is 3.60. The van der Waals surface area contributed by atoms with Crippen LogP contribution in [0.2, 0.25) is 0 Å². The van der Waals surface area contributed by atoms with Gasteiger partial charge in [0, 0.05) is 33.2 Å². The van der Waals surface area contributed by atoms with Gasteiger partial charge in [-0.2, -0.15) is 0 Å². The molecule has 0 aliphatic rings. The number of fused-ring (bicyclic) bond motifs is 6. The normalized spacial score (nSPS) is 11.5. The van der Waals surface area contributed by atoms with Crippen molar-refractivity contribution < 1.29 is 4.42 Å². The summed E-state index contributed by atoms with van der Waals surface area (Å²) in [7, 11) is 0. The Kier molecular flexibility index (Phi) is 7.18. The van der Waals surface area contributed by atoms with E-state index < -0.39 is 0 Å². The van der Waals surface area contributed by atoms with Crippen molar-refractivity contribution in [1.29, 1.82) is 0 Å². The summed E-state index contributed by atoms with van der Waals surface area (Å²) in [6.07, 6.45) is 0. The van der Waals surface area contributed by atoms with Crippen molar-refractivity contribution in [2.45, 2.75) is 0 Å². The second kappa shape index (κ2) is 12.5. The monoisotopic (exact) mass is 663 g/mol. The number of furan rings is 1. The molecule has 10 rings (SSSR count). The molecule has 2 heteroatoms. The molecule has 0 fully saturated rings. The fourth-order valence-corrected chi connectivity index (χ4v) is 7.56. The van der Waals surface area contributed by atoms with Gasteiger partial charge in [-0.25, -0.2) is 0 Å². The first-order chi connectivity index (χ1) is 25.7. The number of rotatable bonds is 6. The smallest absolute Gasteiger partial charge is 0.143 e. The first-order valence-corrected chi connectivity index (χ1v) is 17.7. The zero-order valence-corrected chi connectivity index (χ0v) is 28.4. The fourth-order valence-electron chi connectivity index (χ4n) is 7.56. The molecule has 0 spiro atoms. The summed E-state index contributed by atoms with van der Waals surface area (Å²) in [5.41, 5.74) is 12.2. The van der Waals surface area contributed by atoms with Gasteiger partial charge in [0.05, 0.1) is 0 Å². The highest BCUT2D eigenvalue weighted by Gasteiger charge is 2.16. The third-order valence-corrected chi connectivity index (χ3v) is 10.2. The molecule has 0 amide bonds. The van der Waals surface area contributed by atoms with Crippen molar-refractivity contribution in [2.75, 3.05) is 4.90 Å². The molecule has 0 aliphatic heterocycles. The minimum atomic E-state index is 0.902.